The second kappa shape index (κ2) is 7.53. The van der Waals surface area contributed by atoms with E-state index >= 15 is 0 Å². The molecule has 0 atom stereocenters. The van der Waals surface area contributed by atoms with E-state index < -0.39 is 0 Å². The van der Waals surface area contributed by atoms with E-state index in [4.69, 9.17) is 14.9 Å². The Hall–Kier alpha value is -2.04. The van der Waals surface area contributed by atoms with Crippen LogP contribution in [0.4, 0.5) is 0 Å². The number of methoxy groups -OCH3 is 2. The van der Waals surface area contributed by atoms with Gasteiger partial charge in [-0.1, -0.05) is 13.3 Å². The van der Waals surface area contributed by atoms with Crippen LogP contribution < -0.4 is 9.47 Å². The highest BCUT2D eigenvalue weighted by Crippen LogP contribution is 2.37. The van der Waals surface area contributed by atoms with Gasteiger partial charge in [-0.05, 0) is 24.1 Å². The van der Waals surface area contributed by atoms with Gasteiger partial charge in [0.1, 0.15) is 5.78 Å². The first kappa shape index (κ1) is 16.0. The Balaban J connectivity index is 2.80. The number of hydrogen-bond acceptors (Lipinski definition) is 5. The monoisotopic (exact) mass is 279 g/mol. The molecular formula is C15H21NO4. The van der Waals surface area contributed by atoms with Crippen LogP contribution in [0.3, 0.4) is 0 Å². The lowest BCUT2D eigenvalue weighted by Gasteiger charge is -2.11. The quantitative estimate of drug-likeness (QED) is 0.717. The van der Waals surface area contributed by atoms with E-state index in [1.54, 1.807) is 6.07 Å². The number of Topliss-reactive ketones (excluding diaryl/α,β-unsaturated/α-hetero) is 1. The third-order valence-electron chi connectivity index (χ3n) is 2.88. The molecule has 0 unspecified atom stereocenters. The fourth-order valence-corrected chi connectivity index (χ4v) is 2.02. The van der Waals surface area contributed by atoms with Crippen molar-refractivity contribution in [2.24, 2.45) is 0 Å². The Bertz CT molecular complexity index is 497. The van der Waals surface area contributed by atoms with Crippen LogP contribution in [-0.2, 0) is 11.2 Å². The number of ether oxygens (including phenoxy) is 2. The van der Waals surface area contributed by atoms with Gasteiger partial charge in [-0.2, -0.15) is 0 Å². The maximum Gasteiger partial charge on any atom is 0.203 e. The van der Waals surface area contributed by atoms with Crippen molar-refractivity contribution in [1.82, 2.24) is 0 Å². The van der Waals surface area contributed by atoms with Gasteiger partial charge in [-0.3, -0.25) is 4.79 Å². The minimum Gasteiger partial charge on any atom is -0.504 e. The van der Waals surface area contributed by atoms with Gasteiger partial charge in [0.05, 0.1) is 14.2 Å². The third-order valence-corrected chi connectivity index (χ3v) is 2.88. The maximum absolute atomic E-state index is 11.9. The molecule has 0 aliphatic rings. The van der Waals surface area contributed by atoms with Crippen molar-refractivity contribution < 1.29 is 19.4 Å². The van der Waals surface area contributed by atoms with E-state index in [-0.39, 0.29) is 30.1 Å². The number of hydrogen-bond donors (Lipinski definition) is 2. The van der Waals surface area contributed by atoms with Crippen LogP contribution >= 0.6 is 0 Å². The number of aromatic hydroxyl groups is 1. The van der Waals surface area contributed by atoms with Gasteiger partial charge in [0.25, 0.3) is 0 Å². The standard InChI is InChI=1S/C15H21NO4/c1-4-5-11(16)9-12(17)6-10-7-13(18)15(20-3)14(8-10)19-2/h7-8,16,18H,4-6,9H2,1-3H3. The summed E-state index contributed by atoms with van der Waals surface area (Å²) in [6.45, 7) is 1.98. The maximum atomic E-state index is 11.9. The van der Waals surface area contributed by atoms with Gasteiger partial charge in [0, 0.05) is 18.6 Å². The number of benzene rings is 1. The number of rotatable bonds is 8. The predicted molar refractivity (Wildman–Crippen MR) is 77.2 cm³/mol. The lowest BCUT2D eigenvalue weighted by Crippen LogP contribution is -2.09. The molecule has 5 heteroatoms. The first-order chi connectivity index (χ1) is 9.51. The first-order valence-corrected chi connectivity index (χ1v) is 6.53. The van der Waals surface area contributed by atoms with Gasteiger partial charge in [-0.25, -0.2) is 0 Å². The van der Waals surface area contributed by atoms with E-state index in [9.17, 15) is 9.90 Å². The Kier molecular flexibility index (Phi) is 6.03. The van der Waals surface area contributed by atoms with Crippen molar-refractivity contribution in [3.8, 4) is 17.2 Å². The average Bonchev–Trinajstić information content (AvgIpc) is 2.37. The van der Waals surface area contributed by atoms with Crippen LogP contribution in [0.25, 0.3) is 0 Å². The van der Waals surface area contributed by atoms with Gasteiger partial charge in [0.2, 0.25) is 5.75 Å². The molecule has 0 saturated heterocycles. The molecule has 1 aromatic rings. The molecule has 0 fully saturated rings. The van der Waals surface area contributed by atoms with E-state index in [1.165, 1.54) is 20.3 Å². The number of phenolic OH excluding ortho intramolecular Hbond substituents is 1. The van der Waals surface area contributed by atoms with E-state index in [0.29, 0.717) is 23.4 Å². The third kappa shape index (κ3) is 4.26. The summed E-state index contributed by atoms with van der Waals surface area (Å²) >= 11 is 0. The topological polar surface area (TPSA) is 79.6 Å². The first-order valence-electron chi connectivity index (χ1n) is 6.53. The number of carbonyl (C=O) groups is 1. The van der Waals surface area contributed by atoms with Crippen LogP contribution in [0.15, 0.2) is 12.1 Å². The van der Waals surface area contributed by atoms with Crippen LogP contribution in [0.2, 0.25) is 0 Å². The summed E-state index contributed by atoms with van der Waals surface area (Å²) < 4.78 is 10.1. The molecule has 0 radical (unpaired) electrons. The van der Waals surface area contributed by atoms with Crippen molar-refractivity contribution in [1.29, 1.82) is 5.41 Å². The Labute approximate surface area is 119 Å². The second-order valence-electron chi connectivity index (χ2n) is 4.60. The average molecular weight is 279 g/mol. The molecule has 0 aromatic heterocycles. The fraction of sp³-hybridized carbons (Fsp3) is 0.467. The molecule has 0 aliphatic heterocycles. The molecule has 0 heterocycles. The van der Waals surface area contributed by atoms with E-state index in [1.807, 2.05) is 6.92 Å². The summed E-state index contributed by atoms with van der Waals surface area (Å²) in [4.78, 5) is 11.9. The molecule has 110 valence electrons. The normalized spacial score (nSPS) is 10.2. The van der Waals surface area contributed by atoms with Gasteiger partial charge >= 0.3 is 0 Å². The van der Waals surface area contributed by atoms with Crippen molar-refractivity contribution in [3.63, 3.8) is 0 Å². The van der Waals surface area contributed by atoms with E-state index in [2.05, 4.69) is 0 Å². The highest BCUT2D eigenvalue weighted by atomic mass is 16.5. The lowest BCUT2D eigenvalue weighted by molar-refractivity contribution is -0.117. The Morgan fingerprint density at radius 1 is 1.30 bits per heavy atom. The molecule has 0 spiro atoms. The van der Waals surface area contributed by atoms with Crippen molar-refractivity contribution in [3.05, 3.63) is 17.7 Å². The van der Waals surface area contributed by atoms with Crippen LogP contribution in [0.5, 0.6) is 17.2 Å². The zero-order valence-corrected chi connectivity index (χ0v) is 12.2. The van der Waals surface area contributed by atoms with E-state index in [0.717, 1.165) is 6.42 Å². The van der Waals surface area contributed by atoms with Gasteiger partial charge in [-0.15, -0.1) is 0 Å². The second-order valence-corrected chi connectivity index (χ2v) is 4.60. The highest BCUT2D eigenvalue weighted by molar-refractivity contribution is 6.01. The summed E-state index contributed by atoms with van der Waals surface area (Å²) in [5.74, 6) is 0.537. The summed E-state index contributed by atoms with van der Waals surface area (Å²) in [7, 11) is 2.91. The summed E-state index contributed by atoms with van der Waals surface area (Å²) in [5, 5.41) is 17.5. The van der Waals surface area contributed by atoms with Crippen LogP contribution in [0, 0.1) is 5.41 Å². The smallest absolute Gasteiger partial charge is 0.203 e. The Morgan fingerprint density at radius 2 is 2.00 bits per heavy atom. The summed E-state index contributed by atoms with van der Waals surface area (Å²) in [6.07, 6.45) is 1.83. The predicted octanol–water partition coefficient (Wildman–Crippen LogP) is 2.73. The minimum atomic E-state index is -0.0571. The molecule has 5 nitrogen and oxygen atoms in total. The van der Waals surface area contributed by atoms with Gasteiger partial charge < -0.3 is 20.0 Å². The number of phenols is 1. The van der Waals surface area contributed by atoms with Crippen LogP contribution in [0.1, 0.15) is 31.7 Å². The zero-order chi connectivity index (χ0) is 15.1. The zero-order valence-electron chi connectivity index (χ0n) is 12.2. The highest BCUT2D eigenvalue weighted by Gasteiger charge is 2.14. The number of nitrogens with one attached hydrogen (secondary N) is 1. The summed E-state index contributed by atoms with van der Waals surface area (Å²) in [6, 6.07) is 3.16. The number of carbonyl (C=O) groups excluding carboxylic acids is 1. The van der Waals surface area contributed by atoms with Crippen molar-refractivity contribution >= 4 is 11.5 Å². The molecule has 1 aromatic carbocycles. The van der Waals surface area contributed by atoms with Gasteiger partial charge in [0.15, 0.2) is 11.5 Å². The largest absolute Gasteiger partial charge is 0.504 e. The van der Waals surface area contributed by atoms with Crippen molar-refractivity contribution in [2.75, 3.05) is 14.2 Å². The molecule has 2 N–H and O–H groups in total. The Morgan fingerprint density at radius 3 is 2.55 bits per heavy atom. The molecule has 1 rings (SSSR count). The minimum absolute atomic E-state index is 0.0462. The number of ketones is 1. The van der Waals surface area contributed by atoms with Crippen LogP contribution in [-0.4, -0.2) is 30.8 Å². The molecule has 0 amide bonds. The molecule has 20 heavy (non-hydrogen) atoms. The molecule has 0 aliphatic carbocycles. The molecule has 0 saturated carbocycles. The summed E-state index contributed by atoms with van der Waals surface area (Å²) in [5.41, 5.74) is 1.09. The fourth-order valence-electron chi connectivity index (χ4n) is 2.02. The van der Waals surface area contributed by atoms with Crippen molar-refractivity contribution in [2.45, 2.75) is 32.6 Å². The molecule has 0 bridgehead atoms. The SMILES string of the molecule is CCCC(=N)CC(=O)Cc1cc(O)c(OC)c(OC)c1. The molecular weight excluding hydrogens is 258 g/mol. The lowest BCUT2D eigenvalue weighted by atomic mass is 10.0.